The molecule has 1 spiro atoms. The van der Waals surface area contributed by atoms with Gasteiger partial charge in [-0.05, 0) is 43.7 Å². The van der Waals surface area contributed by atoms with Crippen molar-refractivity contribution in [2.24, 2.45) is 0 Å². The van der Waals surface area contributed by atoms with Gasteiger partial charge in [-0.3, -0.25) is 4.79 Å². The van der Waals surface area contributed by atoms with Crippen LogP contribution >= 0.6 is 0 Å². The third kappa shape index (κ3) is 2.69. The van der Waals surface area contributed by atoms with E-state index in [1.807, 2.05) is 56.3 Å². The van der Waals surface area contributed by atoms with Crippen molar-refractivity contribution in [1.82, 2.24) is 0 Å². The lowest BCUT2D eigenvalue weighted by molar-refractivity contribution is -0.180. The van der Waals surface area contributed by atoms with Crippen LogP contribution in [0.15, 0.2) is 42.5 Å². The summed E-state index contributed by atoms with van der Waals surface area (Å²) >= 11 is 0. The second kappa shape index (κ2) is 6.17. The number of amides is 1. The minimum absolute atomic E-state index is 0.168. The fourth-order valence-electron chi connectivity index (χ4n) is 3.42. The molecule has 0 bridgehead atoms. The molecule has 130 valence electrons. The van der Waals surface area contributed by atoms with Gasteiger partial charge in [0.1, 0.15) is 12.4 Å². The van der Waals surface area contributed by atoms with Gasteiger partial charge < -0.3 is 19.1 Å². The Morgan fingerprint density at radius 3 is 2.60 bits per heavy atom. The van der Waals surface area contributed by atoms with Gasteiger partial charge in [-0.1, -0.05) is 23.8 Å². The van der Waals surface area contributed by atoms with Crippen LogP contribution in [-0.2, 0) is 20.1 Å². The van der Waals surface area contributed by atoms with E-state index in [1.165, 1.54) is 0 Å². The van der Waals surface area contributed by atoms with E-state index >= 15 is 0 Å². The van der Waals surface area contributed by atoms with Crippen molar-refractivity contribution in [3.8, 4) is 5.75 Å². The number of aryl methyl sites for hydroxylation is 2. The molecule has 2 heterocycles. The number of rotatable bonds is 4. The number of hydrogen-bond acceptors (Lipinski definition) is 4. The topological polar surface area (TPSA) is 48.0 Å². The minimum atomic E-state index is -1.27. The molecular weight excluding hydrogens is 318 g/mol. The number of nitrogens with zero attached hydrogens (tertiary/aromatic N) is 1. The lowest BCUT2D eigenvalue weighted by Gasteiger charge is -2.22. The molecule has 0 unspecified atom stereocenters. The van der Waals surface area contributed by atoms with Crippen molar-refractivity contribution in [3.05, 3.63) is 59.2 Å². The molecule has 5 heteroatoms. The van der Waals surface area contributed by atoms with E-state index in [0.717, 1.165) is 28.1 Å². The van der Waals surface area contributed by atoms with Gasteiger partial charge >= 0.3 is 0 Å². The highest BCUT2D eigenvalue weighted by Gasteiger charge is 2.55. The summed E-state index contributed by atoms with van der Waals surface area (Å²) in [6.45, 7) is 5.71. The van der Waals surface area contributed by atoms with Gasteiger partial charge in [0.15, 0.2) is 0 Å². The van der Waals surface area contributed by atoms with Crippen molar-refractivity contribution >= 4 is 11.6 Å². The molecule has 2 aromatic carbocycles. The molecule has 2 aliphatic rings. The molecule has 4 rings (SSSR count). The van der Waals surface area contributed by atoms with Crippen LogP contribution in [0.5, 0.6) is 5.75 Å². The van der Waals surface area contributed by atoms with E-state index < -0.39 is 5.79 Å². The predicted octanol–water partition coefficient (Wildman–Crippen LogP) is 2.93. The van der Waals surface area contributed by atoms with Gasteiger partial charge in [-0.15, -0.1) is 0 Å². The van der Waals surface area contributed by atoms with Crippen LogP contribution in [0.4, 0.5) is 5.69 Å². The van der Waals surface area contributed by atoms with E-state index in [9.17, 15) is 4.79 Å². The zero-order chi connectivity index (χ0) is 17.4. The first kappa shape index (κ1) is 16.1. The van der Waals surface area contributed by atoms with Gasteiger partial charge in [0, 0.05) is 5.56 Å². The number of anilines is 1. The number of benzene rings is 2. The Labute approximate surface area is 147 Å². The van der Waals surface area contributed by atoms with E-state index in [1.54, 1.807) is 4.90 Å². The Morgan fingerprint density at radius 1 is 1.08 bits per heavy atom. The molecule has 0 saturated carbocycles. The van der Waals surface area contributed by atoms with Gasteiger partial charge in [0.05, 0.1) is 25.4 Å². The first-order chi connectivity index (χ1) is 12.1. The highest BCUT2D eigenvalue weighted by molar-refractivity contribution is 6.06. The van der Waals surface area contributed by atoms with Crippen molar-refractivity contribution in [1.29, 1.82) is 0 Å². The van der Waals surface area contributed by atoms with E-state index in [0.29, 0.717) is 26.4 Å². The Morgan fingerprint density at radius 2 is 1.84 bits per heavy atom. The van der Waals surface area contributed by atoms with Gasteiger partial charge in [-0.25, -0.2) is 0 Å². The summed E-state index contributed by atoms with van der Waals surface area (Å²) in [5.74, 6) is -0.637. The van der Waals surface area contributed by atoms with Gasteiger partial charge in [-0.2, -0.15) is 0 Å². The molecule has 1 saturated heterocycles. The highest BCUT2D eigenvalue weighted by Crippen LogP contribution is 2.45. The van der Waals surface area contributed by atoms with Crippen LogP contribution in [0.3, 0.4) is 0 Å². The molecule has 5 nitrogen and oxygen atoms in total. The normalized spacial score (nSPS) is 18.0. The summed E-state index contributed by atoms with van der Waals surface area (Å²) < 4.78 is 17.3. The second-order valence-electron chi connectivity index (χ2n) is 6.46. The number of fused-ring (bicyclic) bond motifs is 2. The zero-order valence-electron chi connectivity index (χ0n) is 14.5. The largest absolute Gasteiger partial charge is 0.492 e. The summed E-state index contributed by atoms with van der Waals surface area (Å²) in [5, 5.41) is 0. The first-order valence-electron chi connectivity index (χ1n) is 8.51. The Hall–Kier alpha value is -2.37. The second-order valence-corrected chi connectivity index (χ2v) is 6.46. The molecule has 1 amide bonds. The van der Waals surface area contributed by atoms with Gasteiger partial charge in [0.2, 0.25) is 0 Å². The summed E-state index contributed by atoms with van der Waals surface area (Å²) in [6.07, 6.45) is 0. The zero-order valence-corrected chi connectivity index (χ0v) is 14.5. The van der Waals surface area contributed by atoms with Crippen molar-refractivity contribution in [2.75, 3.05) is 31.3 Å². The molecule has 0 N–H and O–H groups in total. The lowest BCUT2D eigenvalue weighted by Crippen LogP contribution is -2.42. The van der Waals surface area contributed by atoms with E-state index in [-0.39, 0.29) is 5.91 Å². The molecule has 2 aromatic rings. The van der Waals surface area contributed by atoms with Crippen LogP contribution in [0.2, 0.25) is 0 Å². The van der Waals surface area contributed by atoms with Crippen LogP contribution in [0, 0.1) is 13.8 Å². The monoisotopic (exact) mass is 339 g/mol. The smallest absolute Gasteiger partial charge is 0.292 e. The van der Waals surface area contributed by atoms with Crippen LogP contribution in [0.1, 0.15) is 16.7 Å². The fourth-order valence-corrected chi connectivity index (χ4v) is 3.42. The summed E-state index contributed by atoms with van der Waals surface area (Å²) in [4.78, 5) is 14.7. The van der Waals surface area contributed by atoms with Crippen molar-refractivity contribution < 1.29 is 19.0 Å². The quantitative estimate of drug-likeness (QED) is 0.859. The Bertz CT molecular complexity index is 811. The van der Waals surface area contributed by atoms with Crippen molar-refractivity contribution in [3.63, 3.8) is 0 Å². The van der Waals surface area contributed by atoms with Crippen LogP contribution in [0.25, 0.3) is 0 Å². The molecule has 25 heavy (non-hydrogen) atoms. The van der Waals surface area contributed by atoms with Crippen LogP contribution < -0.4 is 9.64 Å². The summed E-state index contributed by atoms with van der Waals surface area (Å²) in [5.41, 5.74) is 3.85. The maximum absolute atomic E-state index is 13.0. The number of hydrogen-bond donors (Lipinski definition) is 0. The standard InChI is InChI=1S/C20H21NO4/c1-14-4-3-5-16(12-14)23-9-8-21-18-7-6-15(2)13-17(18)20(19(21)22)24-10-11-25-20/h3-7,12-13H,8-11H2,1-2H3. The SMILES string of the molecule is Cc1cccc(OCCN2C(=O)C3(OCCO3)c3cc(C)ccc32)c1. The highest BCUT2D eigenvalue weighted by atomic mass is 16.7. The Kier molecular flexibility index (Phi) is 3.98. The van der Waals surface area contributed by atoms with Crippen LogP contribution in [-0.4, -0.2) is 32.3 Å². The number of carbonyl (C=O) groups is 1. The molecule has 0 radical (unpaired) electrons. The number of carbonyl (C=O) groups excluding carboxylic acids is 1. The molecular formula is C20H21NO4. The maximum Gasteiger partial charge on any atom is 0.292 e. The Balaban J connectivity index is 1.55. The first-order valence-corrected chi connectivity index (χ1v) is 8.51. The maximum atomic E-state index is 13.0. The lowest BCUT2D eigenvalue weighted by atomic mass is 10.0. The predicted molar refractivity (Wildman–Crippen MR) is 93.8 cm³/mol. The number of ether oxygens (including phenoxy) is 3. The van der Waals surface area contributed by atoms with E-state index in [4.69, 9.17) is 14.2 Å². The average molecular weight is 339 g/mol. The molecule has 0 atom stereocenters. The molecule has 0 aromatic heterocycles. The molecule has 0 aliphatic carbocycles. The summed E-state index contributed by atoms with van der Waals surface area (Å²) in [6, 6.07) is 13.8. The third-order valence-corrected chi connectivity index (χ3v) is 4.59. The molecule has 1 fully saturated rings. The summed E-state index contributed by atoms with van der Waals surface area (Å²) in [7, 11) is 0. The van der Waals surface area contributed by atoms with Gasteiger partial charge in [0.25, 0.3) is 11.7 Å². The fraction of sp³-hybridized carbons (Fsp3) is 0.350. The van der Waals surface area contributed by atoms with E-state index in [2.05, 4.69) is 0 Å². The van der Waals surface area contributed by atoms with Crippen molar-refractivity contribution in [2.45, 2.75) is 19.6 Å². The molecule has 2 aliphatic heterocycles. The average Bonchev–Trinajstić information content (AvgIpc) is 3.16. The third-order valence-electron chi connectivity index (χ3n) is 4.59. The minimum Gasteiger partial charge on any atom is -0.492 e.